The number of para-hydroxylation sites is 1. The van der Waals surface area contributed by atoms with Crippen LogP contribution in [0.1, 0.15) is 36.1 Å². The Morgan fingerprint density at radius 2 is 1.67 bits per heavy atom. The van der Waals surface area contributed by atoms with Crippen molar-refractivity contribution in [1.82, 2.24) is 9.88 Å². The second-order valence-corrected chi connectivity index (χ2v) is 7.63. The molecular formula is C26H25FN2O. The van der Waals surface area contributed by atoms with Crippen molar-refractivity contribution in [3.8, 4) is 0 Å². The summed E-state index contributed by atoms with van der Waals surface area (Å²) in [7, 11) is 0. The molecule has 0 aliphatic rings. The smallest absolute Gasteiger partial charge is 0.220 e. The average molecular weight is 400 g/mol. The number of carbonyl (C=O) groups excluding carboxylic acids is 1. The molecule has 0 saturated heterocycles. The van der Waals surface area contributed by atoms with E-state index in [0.717, 1.165) is 27.6 Å². The second kappa shape index (κ2) is 8.95. The Bertz CT molecular complexity index is 1130. The van der Waals surface area contributed by atoms with E-state index in [1.165, 1.54) is 12.1 Å². The third-order valence-electron chi connectivity index (χ3n) is 5.44. The van der Waals surface area contributed by atoms with Gasteiger partial charge in [0.1, 0.15) is 5.82 Å². The largest absolute Gasteiger partial charge is 0.350 e. The Hall–Kier alpha value is -3.40. The van der Waals surface area contributed by atoms with Crippen molar-refractivity contribution in [3.63, 3.8) is 0 Å². The molecule has 0 unspecified atom stereocenters. The highest BCUT2D eigenvalue weighted by molar-refractivity contribution is 5.85. The molecule has 1 amide bonds. The Morgan fingerprint density at radius 1 is 0.967 bits per heavy atom. The van der Waals surface area contributed by atoms with Crippen LogP contribution >= 0.6 is 0 Å². The fourth-order valence-electron chi connectivity index (χ4n) is 3.83. The molecule has 0 radical (unpaired) electrons. The van der Waals surface area contributed by atoms with Crippen molar-refractivity contribution in [2.75, 3.05) is 0 Å². The third kappa shape index (κ3) is 4.60. The minimum atomic E-state index is -0.229. The standard InChI is InChI=1S/C26H25FN2O/c1-19(21-7-3-2-4-8-21)28-26(30)16-13-22-18-29(25-10-6-5-9-24(22)25)17-20-11-14-23(27)15-12-20/h2-12,14-15,18-19H,13,16-17H2,1H3,(H,28,30)/t19-/m0/s1. The number of hydrogen-bond donors (Lipinski definition) is 1. The van der Waals surface area contributed by atoms with Gasteiger partial charge in [-0.2, -0.15) is 0 Å². The number of rotatable bonds is 7. The van der Waals surface area contributed by atoms with Crippen LogP contribution in [0.25, 0.3) is 10.9 Å². The number of carbonyl (C=O) groups is 1. The van der Waals surface area contributed by atoms with E-state index in [-0.39, 0.29) is 17.8 Å². The first-order valence-electron chi connectivity index (χ1n) is 10.3. The van der Waals surface area contributed by atoms with E-state index < -0.39 is 0 Å². The molecule has 3 nitrogen and oxygen atoms in total. The van der Waals surface area contributed by atoms with Gasteiger partial charge < -0.3 is 9.88 Å². The van der Waals surface area contributed by atoms with Gasteiger partial charge in [0.05, 0.1) is 6.04 Å². The first-order chi connectivity index (χ1) is 14.6. The van der Waals surface area contributed by atoms with Crippen molar-refractivity contribution in [2.45, 2.75) is 32.4 Å². The molecule has 30 heavy (non-hydrogen) atoms. The van der Waals surface area contributed by atoms with Gasteiger partial charge >= 0.3 is 0 Å². The monoisotopic (exact) mass is 400 g/mol. The molecule has 0 saturated carbocycles. The highest BCUT2D eigenvalue weighted by Gasteiger charge is 2.13. The van der Waals surface area contributed by atoms with Gasteiger partial charge in [-0.3, -0.25) is 4.79 Å². The molecular weight excluding hydrogens is 375 g/mol. The van der Waals surface area contributed by atoms with Gasteiger partial charge in [0.25, 0.3) is 0 Å². The lowest BCUT2D eigenvalue weighted by molar-refractivity contribution is -0.121. The van der Waals surface area contributed by atoms with Crippen LogP contribution in [0.4, 0.5) is 4.39 Å². The first-order valence-corrected chi connectivity index (χ1v) is 10.3. The molecule has 1 heterocycles. The van der Waals surface area contributed by atoms with Crippen LogP contribution in [-0.4, -0.2) is 10.5 Å². The van der Waals surface area contributed by atoms with Crippen LogP contribution in [0.5, 0.6) is 0 Å². The van der Waals surface area contributed by atoms with E-state index in [1.54, 1.807) is 0 Å². The summed E-state index contributed by atoms with van der Waals surface area (Å²) >= 11 is 0. The zero-order valence-electron chi connectivity index (χ0n) is 17.0. The van der Waals surface area contributed by atoms with Crippen molar-refractivity contribution in [2.24, 2.45) is 0 Å². The predicted octanol–water partition coefficient (Wildman–Crippen LogP) is 5.64. The molecule has 0 aliphatic carbocycles. The van der Waals surface area contributed by atoms with Gasteiger partial charge in [0.15, 0.2) is 0 Å². The van der Waals surface area contributed by atoms with E-state index in [4.69, 9.17) is 0 Å². The molecule has 1 aromatic heterocycles. The molecule has 1 atom stereocenters. The SMILES string of the molecule is C[C@H](NC(=O)CCc1cn(Cc2ccc(F)cc2)c2ccccc12)c1ccccc1. The second-order valence-electron chi connectivity index (χ2n) is 7.63. The maximum absolute atomic E-state index is 13.2. The average Bonchev–Trinajstić information content (AvgIpc) is 3.12. The minimum Gasteiger partial charge on any atom is -0.350 e. The van der Waals surface area contributed by atoms with Gasteiger partial charge in [-0.15, -0.1) is 0 Å². The Kier molecular flexibility index (Phi) is 5.94. The fraction of sp³-hybridized carbons (Fsp3) is 0.192. The Balaban J connectivity index is 1.46. The summed E-state index contributed by atoms with van der Waals surface area (Å²) in [5.74, 6) is -0.186. The Morgan fingerprint density at radius 3 is 2.43 bits per heavy atom. The summed E-state index contributed by atoms with van der Waals surface area (Å²) in [5, 5.41) is 4.24. The molecule has 4 heteroatoms. The quantitative estimate of drug-likeness (QED) is 0.428. The van der Waals surface area contributed by atoms with E-state index >= 15 is 0 Å². The van der Waals surface area contributed by atoms with E-state index in [0.29, 0.717) is 19.4 Å². The molecule has 152 valence electrons. The number of hydrogen-bond acceptors (Lipinski definition) is 1. The van der Waals surface area contributed by atoms with Gasteiger partial charge in [-0.05, 0) is 48.2 Å². The number of fused-ring (bicyclic) bond motifs is 1. The topological polar surface area (TPSA) is 34.0 Å². The maximum Gasteiger partial charge on any atom is 0.220 e. The number of aromatic nitrogens is 1. The number of aryl methyl sites for hydroxylation is 1. The van der Waals surface area contributed by atoms with Crippen LogP contribution in [0.15, 0.2) is 85.1 Å². The highest BCUT2D eigenvalue weighted by atomic mass is 19.1. The van der Waals surface area contributed by atoms with Gasteiger partial charge in [0.2, 0.25) is 5.91 Å². The van der Waals surface area contributed by atoms with Crippen molar-refractivity contribution in [3.05, 3.63) is 108 Å². The van der Waals surface area contributed by atoms with Gasteiger partial charge in [-0.25, -0.2) is 4.39 Å². The van der Waals surface area contributed by atoms with Crippen LogP contribution in [0.2, 0.25) is 0 Å². The zero-order valence-corrected chi connectivity index (χ0v) is 17.0. The Labute approximate surface area is 176 Å². The predicted molar refractivity (Wildman–Crippen MR) is 119 cm³/mol. The van der Waals surface area contributed by atoms with Crippen molar-refractivity contribution in [1.29, 1.82) is 0 Å². The molecule has 0 bridgehead atoms. The minimum absolute atomic E-state index is 0.0153. The lowest BCUT2D eigenvalue weighted by atomic mass is 10.1. The van der Waals surface area contributed by atoms with Crippen LogP contribution in [0.3, 0.4) is 0 Å². The zero-order chi connectivity index (χ0) is 20.9. The number of halogens is 1. The van der Waals surface area contributed by atoms with Crippen LogP contribution < -0.4 is 5.32 Å². The summed E-state index contributed by atoms with van der Waals surface area (Å²) < 4.78 is 15.4. The molecule has 4 aromatic rings. The molecule has 0 aliphatic heterocycles. The summed E-state index contributed by atoms with van der Waals surface area (Å²) in [5.41, 5.74) is 4.41. The summed E-state index contributed by atoms with van der Waals surface area (Å²) in [4.78, 5) is 12.5. The normalized spacial score (nSPS) is 12.1. The molecule has 3 aromatic carbocycles. The van der Waals surface area contributed by atoms with Crippen molar-refractivity contribution >= 4 is 16.8 Å². The summed E-state index contributed by atoms with van der Waals surface area (Å²) in [6, 6.07) is 24.8. The number of nitrogens with one attached hydrogen (secondary N) is 1. The van der Waals surface area contributed by atoms with Crippen LogP contribution in [-0.2, 0) is 17.8 Å². The molecule has 4 rings (SSSR count). The number of nitrogens with zero attached hydrogens (tertiary/aromatic N) is 1. The maximum atomic E-state index is 13.2. The van der Waals surface area contributed by atoms with Gasteiger partial charge in [0, 0.05) is 30.1 Å². The van der Waals surface area contributed by atoms with E-state index in [2.05, 4.69) is 28.2 Å². The summed E-state index contributed by atoms with van der Waals surface area (Å²) in [6.45, 7) is 2.67. The van der Waals surface area contributed by atoms with E-state index in [9.17, 15) is 9.18 Å². The molecule has 0 spiro atoms. The van der Waals surface area contributed by atoms with E-state index in [1.807, 2.05) is 61.5 Å². The lowest BCUT2D eigenvalue weighted by Crippen LogP contribution is -2.26. The highest BCUT2D eigenvalue weighted by Crippen LogP contribution is 2.24. The number of benzene rings is 3. The lowest BCUT2D eigenvalue weighted by Gasteiger charge is -2.14. The number of amides is 1. The van der Waals surface area contributed by atoms with Crippen LogP contribution in [0, 0.1) is 5.82 Å². The van der Waals surface area contributed by atoms with Gasteiger partial charge in [-0.1, -0.05) is 60.7 Å². The third-order valence-corrected chi connectivity index (χ3v) is 5.44. The fourth-order valence-corrected chi connectivity index (χ4v) is 3.83. The van der Waals surface area contributed by atoms with Crippen molar-refractivity contribution < 1.29 is 9.18 Å². The summed E-state index contributed by atoms with van der Waals surface area (Å²) in [6.07, 6.45) is 3.22. The first kappa shape index (κ1) is 19.9. The molecule has 1 N–H and O–H groups in total. The molecule has 0 fully saturated rings.